The van der Waals surface area contributed by atoms with Crippen molar-refractivity contribution in [2.45, 2.75) is 40.5 Å². The van der Waals surface area contributed by atoms with Gasteiger partial charge in [0.05, 0.1) is 5.56 Å². The number of rotatable bonds is 5. The van der Waals surface area contributed by atoms with Gasteiger partial charge in [-0.05, 0) is 44.2 Å². The van der Waals surface area contributed by atoms with Crippen LogP contribution < -0.4 is 5.32 Å². The van der Waals surface area contributed by atoms with E-state index in [9.17, 15) is 0 Å². The molecule has 0 spiro atoms. The SMILES string of the molecule is Cc1cc(C)c(C#N)c(NCCCC(C)C)n1. The Labute approximate surface area is 104 Å². The highest BCUT2D eigenvalue weighted by atomic mass is 15.0. The summed E-state index contributed by atoms with van der Waals surface area (Å²) in [6.45, 7) is 9.22. The quantitative estimate of drug-likeness (QED) is 0.790. The van der Waals surface area contributed by atoms with Crippen LogP contribution in [0.4, 0.5) is 5.82 Å². The Balaban J connectivity index is 2.67. The third-order valence-electron chi connectivity index (χ3n) is 2.71. The number of hydrogen-bond acceptors (Lipinski definition) is 3. The van der Waals surface area contributed by atoms with Gasteiger partial charge in [0.2, 0.25) is 0 Å². The molecule has 3 nitrogen and oxygen atoms in total. The molecule has 0 radical (unpaired) electrons. The van der Waals surface area contributed by atoms with E-state index in [0.29, 0.717) is 5.56 Å². The third-order valence-corrected chi connectivity index (χ3v) is 2.71. The first-order valence-electron chi connectivity index (χ1n) is 6.16. The van der Waals surface area contributed by atoms with Crippen molar-refractivity contribution in [1.29, 1.82) is 5.26 Å². The molecule has 0 unspecified atom stereocenters. The number of nitrogens with zero attached hydrogens (tertiary/aromatic N) is 2. The van der Waals surface area contributed by atoms with E-state index in [1.54, 1.807) is 0 Å². The van der Waals surface area contributed by atoms with Crippen LogP contribution in [0, 0.1) is 31.1 Å². The molecule has 1 rings (SSSR count). The molecule has 0 aliphatic carbocycles. The van der Waals surface area contributed by atoms with Crippen LogP contribution in [0.15, 0.2) is 6.07 Å². The van der Waals surface area contributed by atoms with Crippen molar-refractivity contribution in [3.63, 3.8) is 0 Å². The second kappa shape index (κ2) is 6.24. The molecule has 0 aliphatic heterocycles. The Bertz CT molecular complexity index is 416. The van der Waals surface area contributed by atoms with E-state index in [2.05, 4.69) is 30.2 Å². The average Bonchev–Trinajstić information content (AvgIpc) is 2.23. The highest BCUT2D eigenvalue weighted by molar-refractivity contribution is 5.56. The predicted octanol–water partition coefficient (Wildman–Crippen LogP) is 3.42. The van der Waals surface area contributed by atoms with Gasteiger partial charge in [-0.25, -0.2) is 4.98 Å². The molecule has 0 fully saturated rings. The predicted molar refractivity (Wildman–Crippen MR) is 71.0 cm³/mol. The third kappa shape index (κ3) is 4.07. The monoisotopic (exact) mass is 231 g/mol. The summed E-state index contributed by atoms with van der Waals surface area (Å²) in [6.07, 6.45) is 2.30. The summed E-state index contributed by atoms with van der Waals surface area (Å²) in [5, 5.41) is 12.4. The van der Waals surface area contributed by atoms with E-state index in [0.717, 1.165) is 36.0 Å². The van der Waals surface area contributed by atoms with Crippen LogP contribution in [0.2, 0.25) is 0 Å². The summed E-state index contributed by atoms with van der Waals surface area (Å²) >= 11 is 0. The van der Waals surface area contributed by atoms with Gasteiger partial charge >= 0.3 is 0 Å². The average molecular weight is 231 g/mol. The molecule has 17 heavy (non-hydrogen) atoms. The van der Waals surface area contributed by atoms with Gasteiger partial charge in [0.25, 0.3) is 0 Å². The minimum Gasteiger partial charge on any atom is -0.369 e. The molecule has 0 atom stereocenters. The number of aromatic nitrogens is 1. The first-order chi connectivity index (χ1) is 8.04. The van der Waals surface area contributed by atoms with E-state index in [1.165, 1.54) is 6.42 Å². The standard InChI is InChI=1S/C14H21N3/c1-10(2)6-5-7-16-14-13(9-15)11(3)8-12(4)17-14/h8,10H,5-7H2,1-4H3,(H,16,17). The van der Waals surface area contributed by atoms with Crippen LogP contribution in [0.3, 0.4) is 0 Å². The Kier molecular flexibility index (Phi) is 4.96. The zero-order chi connectivity index (χ0) is 12.8. The molecule has 1 heterocycles. The fraction of sp³-hybridized carbons (Fsp3) is 0.571. The van der Waals surface area contributed by atoms with Crippen LogP contribution in [-0.4, -0.2) is 11.5 Å². The molecule has 0 saturated heterocycles. The summed E-state index contributed by atoms with van der Waals surface area (Å²) < 4.78 is 0. The lowest BCUT2D eigenvalue weighted by molar-refractivity contribution is 0.566. The molecule has 0 amide bonds. The van der Waals surface area contributed by atoms with Crippen molar-refractivity contribution in [2.75, 3.05) is 11.9 Å². The van der Waals surface area contributed by atoms with Crippen molar-refractivity contribution in [3.8, 4) is 6.07 Å². The van der Waals surface area contributed by atoms with E-state index >= 15 is 0 Å². The molecule has 0 saturated carbocycles. The zero-order valence-electron chi connectivity index (χ0n) is 11.2. The lowest BCUT2D eigenvalue weighted by Crippen LogP contribution is -2.08. The van der Waals surface area contributed by atoms with Crippen LogP contribution in [0.25, 0.3) is 0 Å². The lowest BCUT2D eigenvalue weighted by Gasteiger charge is -2.10. The zero-order valence-corrected chi connectivity index (χ0v) is 11.2. The minimum absolute atomic E-state index is 0.667. The summed E-state index contributed by atoms with van der Waals surface area (Å²) in [5.74, 6) is 1.45. The number of nitrogens with one attached hydrogen (secondary N) is 1. The van der Waals surface area contributed by atoms with E-state index < -0.39 is 0 Å². The molecule has 0 aromatic carbocycles. The van der Waals surface area contributed by atoms with Crippen molar-refractivity contribution >= 4 is 5.82 Å². The van der Waals surface area contributed by atoms with Gasteiger partial charge in [-0.3, -0.25) is 0 Å². The highest BCUT2D eigenvalue weighted by Gasteiger charge is 2.07. The number of pyridine rings is 1. The van der Waals surface area contributed by atoms with E-state index in [-0.39, 0.29) is 0 Å². The van der Waals surface area contributed by atoms with E-state index in [4.69, 9.17) is 5.26 Å². The largest absolute Gasteiger partial charge is 0.369 e. The first-order valence-corrected chi connectivity index (χ1v) is 6.16. The van der Waals surface area contributed by atoms with Gasteiger partial charge in [-0.15, -0.1) is 0 Å². The first kappa shape index (κ1) is 13.5. The maximum atomic E-state index is 9.10. The van der Waals surface area contributed by atoms with Crippen LogP contribution in [0.1, 0.15) is 43.5 Å². The fourth-order valence-corrected chi connectivity index (χ4v) is 1.82. The second-order valence-electron chi connectivity index (χ2n) is 4.88. The number of nitriles is 1. The second-order valence-corrected chi connectivity index (χ2v) is 4.88. The Morgan fingerprint density at radius 1 is 1.41 bits per heavy atom. The maximum absolute atomic E-state index is 9.10. The Hall–Kier alpha value is -1.56. The summed E-state index contributed by atoms with van der Waals surface area (Å²) in [4.78, 5) is 4.39. The fourth-order valence-electron chi connectivity index (χ4n) is 1.82. The van der Waals surface area contributed by atoms with Gasteiger partial charge in [-0.2, -0.15) is 5.26 Å². The van der Waals surface area contributed by atoms with E-state index in [1.807, 2.05) is 19.9 Å². The van der Waals surface area contributed by atoms with Crippen molar-refractivity contribution in [3.05, 3.63) is 22.9 Å². The van der Waals surface area contributed by atoms with Gasteiger partial charge in [0.1, 0.15) is 11.9 Å². The van der Waals surface area contributed by atoms with Crippen molar-refractivity contribution in [1.82, 2.24) is 4.98 Å². The van der Waals surface area contributed by atoms with Gasteiger partial charge in [0.15, 0.2) is 0 Å². The molecule has 1 aromatic heterocycles. The van der Waals surface area contributed by atoms with Crippen LogP contribution in [-0.2, 0) is 0 Å². The molecule has 1 aromatic rings. The lowest BCUT2D eigenvalue weighted by atomic mass is 10.1. The molecular formula is C14H21N3. The Morgan fingerprint density at radius 3 is 2.71 bits per heavy atom. The van der Waals surface area contributed by atoms with Crippen molar-refractivity contribution in [2.24, 2.45) is 5.92 Å². The number of aryl methyl sites for hydroxylation is 2. The smallest absolute Gasteiger partial charge is 0.144 e. The molecule has 0 aliphatic rings. The van der Waals surface area contributed by atoms with Crippen molar-refractivity contribution < 1.29 is 0 Å². The summed E-state index contributed by atoms with van der Waals surface area (Å²) in [5.41, 5.74) is 2.61. The van der Waals surface area contributed by atoms with Gasteiger partial charge in [0, 0.05) is 12.2 Å². The normalized spacial score (nSPS) is 10.4. The molecular weight excluding hydrogens is 210 g/mol. The van der Waals surface area contributed by atoms with Gasteiger partial charge < -0.3 is 5.32 Å². The minimum atomic E-state index is 0.667. The summed E-state index contributed by atoms with van der Waals surface area (Å²) in [6, 6.07) is 4.16. The maximum Gasteiger partial charge on any atom is 0.144 e. The molecule has 1 N–H and O–H groups in total. The molecule has 92 valence electrons. The topological polar surface area (TPSA) is 48.7 Å². The Morgan fingerprint density at radius 2 is 2.12 bits per heavy atom. The summed E-state index contributed by atoms with van der Waals surface area (Å²) in [7, 11) is 0. The van der Waals surface area contributed by atoms with Crippen LogP contribution >= 0.6 is 0 Å². The van der Waals surface area contributed by atoms with Gasteiger partial charge in [-0.1, -0.05) is 13.8 Å². The van der Waals surface area contributed by atoms with Crippen LogP contribution in [0.5, 0.6) is 0 Å². The number of hydrogen-bond donors (Lipinski definition) is 1. The molecule has 0 bridgehead atoms. The number of anilines is 1. The molecule has 3 heteroatoms. The highest BCUT2D eigenvalue weighted by Crippen LogP contribution is 2.17.